The third kappa shape index (κ3) is 2.70. The first-order valence-electron chi connectivity index (χ1n) is 7.62. The Morgan fingerprint density at radius 1 is 1.57 bits per heavy atom. The predicted octanol–water partition coefficient (Wildman–Crippen LogP) is 2.11. The van der Waals surface area contributed by atoms with Gasteiger partial charge in [-0.3, -0.25) is 4.79 Å². The second-order valence-electron chi connectivity index (χ2n) is 6.34. The van der Waals surface area contributed by atoms with Gasteiger partial charge in [0.05, 0.1) is 18.3 Å². The number of nitriles is 1. The van der Waals surface area contributed by atoms with Gasteiger partial charge in [-0.2, -0.15) is 5.26 Å². The van der Waals surface area contributed by atoms with Crippen LogP contribution in [0.25, 0.3) is 0 Å². The number of fused-ring (bicyclic) bond motifs is 1. The summed E-state index contributed by atoms with van der Waals surface area (Å²) in [6, 6.07) is 2.27. The summed E-state index contributed by atoms with van der Waals surface area (Å²) in [5, 5.41) is 8.95. The lowest BCUT2D eigenvalue weighted by Gasteiger charge is -2.41. The van der Waals surface area contributed by atoms with Crippen LogP contribution in [0.4, 0.5) is 0 Å². The van der Waals surface area contributed by atoms with Crippen LogP contribution in [0.1, 0.15) is 39.5 Å². The number of carbonyl (C=O) groups excluding carboxylic acids is 1. The lowest BCUT2D eigenvalue weighted by Crippen LogP contribution is -2.48. The van der Waals surface area contributed by atoms with Crippen LogP contribution < -0.4 is 0 Å². The van der Waals surface area contributed by atoms with E-state index in [1.165, 1.54) is 6.92 Å². The topological polar surface area (TPSA) is 68.5 Å². The average molecular weight is 291 g/mol. The molecule has 114 valence electrons. The molecule has 6 atom stereocenters. The van der Waals surface area contributed by atoms with E-state index in [1.54, 1.807) is 0 Å². The molecule has 5 nitrogen and oxygen atoms in total. The lowest BCUT2D eigenvalue weighted by atomic mass is 9.81. The lowest BCUT2D eigenvalue weighted by molar-refractivity contribution is -0.152. The van der Waals surface area contributed by atoms with Crippen LogP contribution in [-0.2, 0) is 19.0 Å². The third-order valence-corrected chi connectivity index (χ3v) is 4.61. The second kappa shape index (κ2) is 5.43. The van der Waals surface area contributed by atoms with Gasteiger partial charge in [-0.05, 0) is 32.3 Å². The minimum absolute atomic E-state index is 0.00225. The second-order valence-corrected chi connectivity index (χ2v) is 6.34. The number of carbonyl (C=O) groups is 1. The van der Waals surface area contributed by atoms with Crippen molar-refractivity contribution in [2.75, 3.05) is 0 Å². The van der Waals surface area contributed by atoms with Crippen molar-refractivity contribution in [3.05, 3.63) is 12.2 Å². The van der Waals surface area contributed by atoms with Gasteiger partial charge in [-0.1, -0.05) is 6.08 Å². The maximum absolute atomic E-state index is 11.1. The van der Waals surface area contributed by atoms with Crippen LogP contribution >= 0.6 is 0 Å². The first-order valence-corrected chi connectivity index (χ1v) is 7.62. The van der Waals surface area contributed by atoms with Crippen molar-refractivity contribution < 1.29 is 19.0 Å². The highest BCUT2D eigenvalue weighted by atomic mass is 16.6. The van der Waals surface area contributed by atoms with E-state index in [1.807, 2.05) is 19.1 Å². The van der Waals surface area contributed by atoms with Gasteiger partial charge in [0.25, 0.3) is 0 Å². The van der Waals surface area contributed by atoms with E-state index in [0.29, 0.717) is 0 Å². The van der Waals surface area contributed by atoms with Gasteiger partial charge in [0.1, 0.15) is 17.8 Å². The fraction of sp³-hybridized carbons (Fsp3) is 0.750. The Morgan fingerprint density at radius 2 is 2.38 bits per heavy atom. The van der Waals surface area contributed by atoms with Crippen LogP contribution in [-0.4, -0.2) is 36.0 Å². The molecule has 5 heteroatoms. The molecule has 0 aromatic carbocycles. The summed E-state index contributed by atoms with van der Waals surface area (Å²) in [7, 11) is 0. The van der Waals surface area contributed by atoms with Crippen LogP contribution in [0, 0.1) is 17.2 Å². The molecule has 3 rings (SSSR count). The molecular formula is C16H21NO4. The first kappa shape index (κ1) is 14.6. The van der Waals surface area contributed by atoms with Crippen LogP contribution in [0.2, 0.25) is 0 Å². The minimum atomic E-state index is -0.389. The fourth-order valence-corrected chi connectivity index (χ4v) is 3.67. The summed E-state index contributed by atoms with van der Waals surface area (Å²) in [5.41, 5.74) is -0.389. The Kier molecular flexibility index (Phi) is 3.76. The normalized spacial score (nSPS) is 42.0. The highest BCUT2D eigenvalue weighted by Gasteiger charge is 2.55. The molecule has 1 spiro atoms. The van der Waals surface area contributed by atoms with Crippen molar-refractivity contribution in [2.24, 2.45) is 5.92 Å². The van der Waals surface area contributed by atoms with E-state index >= 15 is 0 Å². The SMILES string of the molecule is CC(=O)O[C@@H]1C=CC23C[C@H]1O[C@H]2CC[C@H](C[C@@H](C)C#N)O3. The van der Waals surface area contributed by atoms with Crippen molar-refractivity contribution in [1.29, 1.82) is 5.26 Å². The molecule has 3 aliphatic rings. The number of hydrogen-bond acceptors (Lipinski definition) is 5. The zero-order valence-corrected chi connectivity index (χ0v) is 12.5. The van der Waals surface area contributed by atoms with Gasteiger partial charge in [0.2, 0.25) is 0 Å². The molecule has 0 N–H and O–H groups in total. The number of ether oxygens (including phenoxy) is 3. The standard InChI is InChI=1S/C16H21NO4/c1-10(9-17)7-12-3-4-15-16(21-12)6-5-13(19-11(2)18)14(8-16)20-15/h5-6,10,12-15H,3-4,7-8H2,1-2H3/t10-,12-,13-,14-,15+,16?/m1/s1. The van der Waals surface area contributed by atoms with Gasteiger partial charge in [0, 0.05) is 19.3 Å². The molecule has 2 saturated heterocycles. The molecule has 0 amide bonds. The van der Waals surface area contributed by atoms with Crippen molar-refractivity contribution in [2.45, 2.75) is 69.5 Å². The molecule has 21 heavy (non-hydrogen) atoms. The van der Waals surface area contributed by atoms with Crippen LogP contribution in [0.15, 0.2) is 12.2 Å². The molecule has 2 aliphatic heterocycles. The number of esters is 1. The third-order valence-electron chi connectivity index (χ3n) is 4.61. The summed E-state index contributed by atoms with van der Waals surface area (Å²) in [6.45, 7) is 3.34. The van der Waals surface area contributed by atoms with Crippen LogP contribution in [0.5, 0.6) is 0 Å². The summed E-state index contributed by atoms with van der Waals surface area (Å²) in [4.78, 5) is 11.1. The summed E-state index contributed by atoms with van der Waals surface area (Å²) in [5.74, 6) is -0.289. The zero-order valence-electron chi connectivity index (χ0n) is 12.5. The Morgan fingerprint density at radius 3 is 3.10 bits per heavy atom. The molecule has 0 aromatic heterocycles. The number of hydrogen-bond donors (Lipinski definition) is 0. The molecular weight excluding hydrogens is 270 g/mol. The van der Waals surface area contributed by atoms with E-state index in [0.717, 1.165) is 25.7 Å². The Balaban J connectivity index is 1.71. The number of rotatable bonds is 3. The first-order chi connectivity index (χ1) is 10.0. The minimum Gasteiger partial charge on any atom is -0.456 e. The molecule has 0 saturated carbocycles. The summed E-state index contributed by atoms with van der Waals surface area (Å²) >= 11 is 0. The van der Waals surface area contributed by atoms with E-state index in [-0.39, 0.29) is 41.9 Å². The van der Waals surface area contributed by atoms with Crippen molar-refractivity contribution in [3.8, 4) is 6.07 Å². The summed E-state index contributed by atoms with van der Waals surface area (Å²) < 4.78 is 17.6. The van der Waals surface area contributed by atoms with Crippen molar-refractivity contribution >= 4 is 5.97 Å². The number of nitrogens with zero attached hydrogens (tertiary/aromatic N) is 1. The van der Waals surface area contributed by atoms with E-state index in [4.69, 9.17) is 19.5 Å². The van der Waals surface area contributed by atoms with Gasteiger partial charge >= 0.3 is 5.97 Å². The smallest absolute Gasteiger partial charge is 0.303 e. The molecule has 2 fully saturated rings. The average Bonchev–Trinajstić information content (AvgIpc) is 2.75. The highest BCUT2D eigenvalue weighted by Crippen LogP contribution is 2.47. The fourth-order valence-electron chi connectivity index (χ4n) is 3.67. The van der Waals surface area contributed by atoms with Gasteiger partial charge < -0.3 is 14.2 Å². The van der Waals surface area contributed by atoms with Crippen LogP contribution in [0.3, 0.4) is 0 Å². The maximum Gasteiger partial charge on any atom is 0.303 e. The molecule has 2 heterocycles. The monoisotopic (exact) mass is 291 g/mol. The van der Waals surface area contributed by atoms with E-state index < -0.39 is 0 Å². The molecule has 2 bridgehead atoms. The largest absolute Gasteiger partial charge is 0.456 e. The molecule has 0 radical (unpaired) electrons. The van der Waals surface area contributed by atoms with Gasteiger partial charge in [0.15, 0.2) is 0 Å². The van der Waals surface area contributed by atoms with Gasteiger partial charge in [-0.15, -0.1) is 0 Å². The summed E-state index contributed by atoms with van der Waals surface area (Å²) in [6.07, 6.45) is 6.95. The Hall–Kier alpha value is -1.38. The Bertz CT molecular complexity index is 497. The highest BCUT2D eigenvalue weighted by molar-refractivity contribution is 5.66. The molecule has 1 aliphatic carbocycles. The zero-order chi connectivity index (χ0) is 15.0. The Labute approximate surface area is 124 Å². The van der Waals surface area contributed by atoms with E-state index in [2.05, 4.69) is 6.07 Å². The van der Waals surface area contributed by atoms with Gasteiger partial charge in [-0.25, -0.2) is 0 Å². The van der Waals surface area contributed by atoms with Crippen molar-refractivity contribution in [3.63, 3.8) is 0 Å². The molecule has 1 unspecified atom stereocenters. The molecule has 0 aromatic rings. The maximum atomic E-state index is 11.1. The van der Waals surface area contributed by atoms with Crippen molar-refractivity contribution in [1.82, 2.24) is 0 Å². The predicted molar refractivity (Wildman–Crippen MR) is 74.2 cm³/mol. The quantitative estimate of drug-likeness (QED) is 0.588. The van der Waals surface area contributed by atoms with E-state index in [9.17, 15) is 4.79 Å².